The second-order valence-electron chi connectivity index (χ2n) is 8.70. The Morgan fingerprint density at radius 1 is 1.23 bits per heavy atom. The maximum atomic E-state index is 12.3. The molecule has 4 nitrogen and oxygen atoms in total. The maximum absolute atomic E-state index is 12.3. The van der Waals surface area contributed by atoms with Crippen molar-refractivity contribution in [2.75, 3.05) is 0 Å². The summed E-state index contributed by atoms with van der Waals surface area (Å²) in [6.45, 7) is 5.72. The number of carboxylic acid groups (broad SMARTS) is 1. The molecule has 0 amide bonds. The Morgan fingerprint density at radius 3 is 2.77 bits per heavy atom. The Bertz CT molecular complexity index is 1060. The molecule has 156 valence electrons. The number of pyridine rings is 1. The van der Waals surface area contributed by atoms with Crippen LogP contribution in [-0.4, -0.2) is 20.4 Å². The minimum absolute atomic E-state index is 0.140. The molecule has 2 aromatic heterocycles. The number of hydrogen-bond donors (Lipinski definition) is 2. The van der Waals surface area contributed by atoms with Gasteiger partial charge in [-0.1, -0.05) is 57.0 Å². The van der Waals surface area contributed by atoms with Crippen molar-refractivity contribution in [1.82, 2.24) is 9.29 Å². The molecule has 0 bridgehead atoms. The predicted octanol–water partition coefficient (Wildman–Crippen LogP) is 5.87. The zero-order chi connectivity index (χ0) is 21.3. The molecule has 0 saturated carbocycles. The summed E-state index contributed by atoms with van der Waals surface area (Å²) in [5.41, 5.74) is 4.83. The van der Waals surface area contributed by atoms with Gasteiger partial charge in [0.25, 0.3) is 0 Å². The number of carboxylic acids is 1. The molecule has 3 aromatic rings. The van der Waals surface area contributed by atoms with Gasteiger partial charge in [0.2, 0.25) is 0 Å². The molecule has 1 aromatic carbocycles. The van der Waals surface area contributed by atoms with Crippen LogP contribution in [0, 0.1) is 5.41 Å². The van der Waals surface area contributed by atoms with Crippen molar-refractivity contribution in [1.29, 1.82) is 0 Å². The maximum Gasteiger partial charge on any atom is 0.337 e. The number of benzene rings is 1. The number of fused-ring (bicyclic) bond motifs is 1. The normalized spacial score (nSPS) is 15.2. The third-order valence-corrected chi connectivity index (χ3v) is 7.30. The van der Waals surface area contributed by atoms with Crippen LogP contribution in [0.2, 0.25) is 0 Å². The second kappa shape index (κ2) is 8.53. The largest absolute Gasteiger partial charge is 0.478 e. The lowest BCUT2D eigenvalue weighted by Gasteiger charge is -2.29. The highest BCUT2D eigenvalue weighted by Crippen LogP contribution is 2.45. The standard InChI is InChI=1S/C24H26N2O2S2/c1-24(2)10-9-20-19(12-24)21(23(27)28)22(30-20)18-8-4-3-7-17(18)15-26(29)14-16-6-5-11-25-13-16/h3-8,11,13,29H,9-10,12,14-15H2,1-2H3,(H,27,28). The summed E-state index contributed by atoms with van der Waals surface area (Å²) < 4.78 is 1.94. The Hall–Kier alpha value is -2.15. The van der Waals surface area contributed by atoms with Crippen LogP contribution in [0.25, 0.3) is 10.4 Å². The molecule has 0 unspecified atom stereocenters. The zero-order valence-corrected chi connectivity index (χ0v) is 19.0. The van der Waals surface area contributed by atoms with Crippen molar-refractivity contribution >= 4 is 30.1 Å². The number of rotatable bonds is 6. The van der Waals surface area contributed by atoms with Gasteiger partial charge in [0.1, 0.15) is 0 Å². The number of thiophene rings is 1. The fraction of sp³-hybridized carbons (Fsp3) is 0.333. The highest BCUT2D eigenvalue weighted by atomic mass is 32.1. The molecule has 30 heavy (non-hydrogen) atoms. The van der Waals surface area contributed by atoms with Crippen molar-refractivity contribution in [3.8, 4) is 10.4 Å². The Morgan fingerprint density at radius 2 is 2.03 bits per heavy atom. The fourth-order valence-corrected chi connectivity index (χ4v) is 5.86. The van der Waals surface area contributed by atoms with Gasteiger partial charge >= 0.3 is 5.97 Å². The number of thiol groups is 1. The number of aromatic carboxylic acids is 1. The SMILES string of the molecule is CC1(C)CCc2sc(-c3ccccc3CN(S)Cc3cccnc3)c(C(=O)O)c2C1. The van der Waals surface area contributed by atoms with E-state index in [1.807, 2.05) is 40.8 Å². The molecule has 0 fully saturated rings. The molecule has 4 rings (SSSR count). The highest BCUT2D eigenvalue weighted by molar-refractivity contribution is 7.77. The first-order valence-corrected chi connectivity index (χ1v) is 11.3. The number of carbonyl (C=O) groups is 1. The van der Waals surface area contributed by atoms with E-state index in [0.717, 1.165) is 46.4 Å². The van der Waals surface area contributed by atoms with E-state index in [1.54, 1.807) is 17.5 Å². The molecule has 6 heteroatoms. The summed E-state index contributed by atoms with van der Waals surface area (Å²) in [6.07, 6.45) is 6.47. The van der Waals surface area contributed by atoms with Crippen molar-refractivity contribution in [2.24, 2.45) is 5.41 Å². The minimum atomic E-state index is -0.826. The lowest BCUT2D eigenvalue weighted by Crippen LogP contribution is -2.22. The molecule has 1 aliphatic carbocycles. The first-order chi connectivity index (χ1) is 14.3. The number of nitrogens with zero attached hydrogens (tertiary/aromatic N) is 2. The Balaban J connectivity index is 1.69. The van der Waals surface area contributed by atoms with E-state index in [9.17, 15) is 9.90 Å². The Kier molecular flexibility index (Phi) is 6.00. The number of aromatic nitrogens is 1. The second-order valence-corrected chi connectivity index (χ2v) is 10.4. The van der Waals surface area contributed by atoms with E-state index in [-0.39, 0.29) is 5.41 Å². The average molecular weight is 439 g/mol. The van der Waals surface area contributed by atoms with Crippen LogP contribution >= 0.6 is 24.2 Å². The summed E-state index contributed by atoms with van der Waals surface area (Å²) >= 11 is 6.32. The zero-order valence-electron chi connectivity index (χ0n) is 17.3. The summed E-state index contributed by atoms with van der Waals surface area (Å²) in [7, 11) is 0. The van der Waals surface area contributed by atoms with E-state index in [4.69, 9.17) is 0 Å². The van der Waals surface area contributed by atoms with Crippen molar-refractivity contribution < 1.29 is 9.90 Å². The quantitative estimate of drug-likeness (QED) is 0.473. The van der Waals surface area contributed by atoms with E-state index in [1.165, 1.54) is 4.88 Å². The van der Waals surface area contributed by atoms with E-state index in [2.05, 4.69) is 37.7 Å². The van der Waals surface area contributed by atoms with Crippen LogP contribution in [-0.2, 0) is 25.9 Å². The molecule has 0 atom stereocenters. The third-order valence-electron chi connectivity index (χ3n) is 5.69. The topological polar surface area (TPSA) is 53.4 Å². The molecule has 1 aliphatic rings. The fourth-order valence-electron chi connectivity index (χ4n) is 4.17. The Labute approximate surface area is 187 Å². The molecule has 0 radical (unpaired) electrons. The van der Waals surface area contributed by atoms with Crippen LogP contribution in [0.5, 0.6) is 0 Å². The van der Waals surface area contributed by atoms with Gasteiger partial charge in [-0.2, -0.15) is 0 Å². The summed E-state index contributed by atoms with van der Waals surface area (Å²) in [4.78, 5) is 18.6. The van der Waals surface area contributed by atoms with Gasteiger partial charge in [-0.25, -0.2) is 9.10 Å². The highest BCUT2D eigenvalue weighted by Gasteiger charge is 2.33. The average Bonchev–Trinajstić information content (AvgIpc) is 3.06. The first-order valence-electron chi connectivity index (χ1n) is 10.1. The van der Waals surface area contributed by atoms with Crippen LogP contribution in [0.15, 0.2) is 48.8 Å². The van der Waals surface area contributed by atoms with Crippen LogP contribution in [0.3, 0.4) is 0 Å². The van der Waals surface area contributed by atoms with Crippen LogP contribution in [0.4, 0.5) is 0 Å². The summed E-state index contributed by atoms with van der Waals surface area (Å²) in [6, 6.07) is 12.0. The van der Waals surface area contributed by atoms with Gasteiger partial charge in [-0.15, -0.1) is 11.3 Å². The van der Waals surface area contributed by atoms with Gasteiger partial charge in [0, 0.05) is 35.2 Å². The lowest BCUT2D eigenvalue weighted by molar-refractivity contribution is 0.0696. The molecule has 2 heterocycles. The van der Waals surface area contributed by atoms with Gasteiger partial charge in [-0.3, -0.25) is 4.98 Å². The van der Waals surface area contributed by atoms with Gasteiger partial charge < -0.3 is 5.11 Å². The third kappa shape index (κ3) is 4.46. The van der Waals surface area contributed by atoms with Crippen molar-refractivity contribution in [2.45, 2.75) is 46.2 Å². The van der Waals surface area contributed by atoms with E-state index in [0.29, 0.717) is 18.7 Å². The lowest BCUT2D eigenvalue weighted by atomic mass is 9.76. The molecular weight excluding hydrogens is 412 g/mol. The molecule has 0 saturated heterocycles. The minimum Gasteiger partial charge on any atom is -0.478 e. The smallest absolute Gasteiger partial charge is 0.337 e. The number of hydrogen-bond acceptors (Lipinski definition) is 5. The first kappa shape index (κ1) is 21.1. The predicted molar refractivity (Wildman–Crippen MR) is 125 cm³/mol. The van der Waals surface area contributed by atoms with Crippen LogP contribution in [0.1, 0.15) is 52.2 Å². The van der Waals surface area contributed by atoms with Gasteiger partial charge in [0.05, 0.1) is 5.56 Å². The van der Waals surface area contributed by atoms with Crippen molar-refractivity contribution in [3.63, 3.8) is 0 Å². The van der Waals surface area contributed by atoms with Crippen LogP contribution < -0.4 is 0 Å². The van der Waals surface area contributed by atoms with Gasteiger partial charge in [-0.05, 0) is 53.0 Å². The summed E-state index contributed by atoms with van der Waals surface area (Å²) in [5, 5.41) is 10.1. The summed E-state index contributed by atoms with van der Waals surface area (Å²) in [5.74, 6) is -0.826. The van der Waals surface area contributed by atoms with Gasteiger partial charge in [0.15, 0.2) is 0 Å². The van der Waals surface area contributed by atoms with E-state index < -0.39 is 5.97 Å². The van der Waals surface area contributed by atoms with E-state index >= 15 is 0 Å². The molecule has 0 aliphatic heterocycles. The molecule has 0 spiro atoms. The number of aryl methyl sites for hydroxylation is 1. The van der Waals surface area contributed by atoms with Crippen molar-refractivity contribution in [3.05, 3.63) is 75.9 Å². The monoisotopic (exact) mass is 438 g/mol. The molecule has 1 N–H and O–H groups in total. The molecular formula is C24H26N2O2S2.